The van der Waals surface area contributed by atoms with Gasteiger partial charge in [0.2, 0.25) is 5.88 Å². The topological polar surface area (TPSA) is 91.1 Å². The highest BCUT2D eigenvalue weighted by Crippen LogP contribution is 2.45. The van der Waals surface area contributed by atoms with Crippen molar-refractivity contribution in [3.8, 4) is 5.88 Å². The summed E-state index contributed by atoms with van der Waals surface area (Å²) in [7, 11) is 0. The van der Waals surface area contributed by atoms with E-state index in [9.17, 15) is 5.11 Å². The Morgan fingerprint density at radius 3 is 2.84 bits per heavy atom. The summed E-state index contributed by atoms with van der Waals surface area (Å²) < 4.78 is 0. The quantitative estimate of drug-likeness (QED) is 0.362. The second-order valence-electron chi connectivity index (χ2n) is 8.59. The molecule has 0 unspecified atom stereocenters. The van der Waals surface area contributed by atoms with Crippen LogP contribution in [0.3, 0.4) is 0 Å². The molecule has 2 fully saturated rings. The van der Waals surface area contributed by atoms with Gasteiger partial charge in [0.1, 0.15) is 4.88 Å². The number of aromatic amines is 1. The van der Waals surface area contributed by atoms with E-state index in [4.69, 9.17) is 17.3 Å². The van der Waals surface area contributed by atoms with Crippen LogP contribution in [0.25, 0.3) is 22.6 Å². The summed E-state index contributed by atoms with van der Waals surface area (Å²) >= 11 is 7.81. The van der Waals surface area contributed by atoms with Gasteiger partial charge in [0.25, 0.3) is 0 Å². The number of nitrogens with zero attached hydrogens (tertiary/aromatic N) is 3. The van der Waals surface area contributed by atoms with Crippen LogP contribution < -0.4 is 10.6 Å². The van der Waals surface area contributed by atoms with E-state index in [1.165, 1.54) is 29.7 Å². The van der Waals surface area contributed by atoms with E-state index in [1.54, 1.807) is 0 Å². The van der Waals surface area contributed by atoms with Crippen molar-refractivity contribution < 1.29 is 5.11 Å². The monoisotopic (exact) mass is 463 g/mol. The third kappa shape index (κ3) is 3.56. The highest BCUT2D eigenvalue weighted by molar-refractivity contribution is 7.17. The van der Waals surface area contributed by atoms with Gasteiger partial charge in [-0.05, 0) is 65.8 Å². The summed E-state index contributed by atoms with van der Waals surface area (Å²) in [5.74, 6) is 0.594. The number of benzene rings is 2. The van der Waals surface area contributed by atoms with Gasteiger partial charge in [-0.15, -0.1) is 0 Å². The average molecular weight is 464 g/mol. The minimum Gasteiger partial charge on any atom is -0.492 e. The van der Waals surface area contributed by atoms with E-state index >= 15 is 0 Å². The van der Waals surface area contributed by atoms with E-state index < -0.39 is 0 Å². The Bertz CT molecular complexity index is 1350. The summed E-state index contributed by atoms with van der Waals surface area (Å²) in [5.41, 5.74) is 11.2. The summed E-state index contributed by atoms with van der Waals surface area (Å²) in [6.07, 6.45) is 6.34. The zero-order valence-corrected chi connectivity index (χ0v) is 18.8. The fraction of sp³-hybridized carbons (Fsp3) is 0.250. The minimum absolute atomic E-state index is 0.0472. The number of halogens is 1. The molecule has 162 valence electrons. The van der Waals surface area contributed by atoms with Gasteiger partial charge in [-0.25, -0.2) is 0 Å². The van der Waals surface area contributed by atoms with Crippen molar-refractivity contribution >= 4 is 50.6 Å². The molecule has 1 saturated heterocycles. The minimum atomic E-state index is 0.0472. The van der Waals surface area contributed by atoms with Crippen LogP contribution in [0.5, 0.6) is 5.88 Å². The molecule has 2 aliphatic rings. The van der Waals surface area contributed by atoms with E-state index in [0.717, 1.165) is 55.7 Å². The fourth-order valence-corrected chi connectivity index (χ4v) is 5.45. The van der Waals surface area contributed by atoms with Crippen molar-refractivity contribution in [2.24, 2.45) is 5.73 Å². The van der Waals surface area contributed by atoms with Crippen LogP contribution in [0.15, 0.2) is 42.6 Å². The fourth-order valence-electron chi connectivity index (χ4n) is 4.25. The molecule has 0 spiro atoms. The van der Waals surface area contributed by atoms with Crippen LogP contribution in [-0.2, 0) is 0 Å². The number of rotatable bonds is 5. The van der Waals surface area contributed by atoms with Crippen molar-refractivity contribution in [1.29, 1.82) is 0 Å². The molecular weight excluding hydrogens is 442 g/mol. The van der Waals surface area contributed by atoms with Crippen molar-refractivity contribution in [3.63, 3.8) is 0 Å². The van der Waals surface area contributed by atoms with Gasteiger partial charge in [-0.3, -0.25) is 5.10 Å². The molecule has 6 nitrogen and oxygen atoms in total. The smallest absolute Gasteiger partial charge is 0.232 e. The van der Waals surface area contributed by atoms with Crippen LogP contribution in [0, 0.1) is 0 Å². The van der Waals surface area contributed by atoms with Gasteiger partial charge >= 0.3 is 0 Å². The Kier molecular flexibility index (Phi) is 4.71. The molecule has 1 saturated carbocycles. The van der Waals surface area contributed by atoms with E-state index in [2.05, 4.69) is 50.4 Å². The first-order valence-corrected chi connectivity index (χ1v) is 11.9. The number of hydrogen-bond acceptors (Lipinski definition) is 6. The molecule has 1 aliphatic heterocycles. The largest absolute Gasteiger partial charge is 0.492 e. The molecule has 0 bridgehead atoms. The number of fused-ring (bicyclic) bond motifs is 1. The molecule has 32 heavy (non-hydrogen) atoms. The highest BCUT2D eigenvalue weighted by Gasteiger charge is 2.29. The van der Waals surface area contributed by atoms with Gasteiger partial charge in [0.05, 0.1) is 11.7 Å². The maximum Gasteiger partial charge on any atom is 0.232 e. The zero-order chi connectivity index (χ0) is 21.8. The van der Waals surface area contributed by atoms with Crippen LogP contribution in [-0.4, -0.2) is 39.4 Å². The Hall–Kier alpha value is -2.87. The lowest BCUT2D eigenvalue weighted by Crippen LogP contribution is -2.55. The Balaban J connectivity index is 1.51. The summed E-state index contributed by atoms with van der Waals surface area (Å²) in [5, 5.41) is 20.6. The first kappa shape index (κ1) is 19.8. The first-order chi connectivity index (χ1) is 15.5. The first-order valence-electron chi connectivity index (χ1n) is 10.7. The molecule has 3 heterocycles. The van der Waals surface area contributed by atoms with Crippen LogP contribution in [0.2, 0.25) is 5.02 Å². The lowest BCUT2D eigenvalue weighted by atomic mass is 9.96. The maximum absolute atomic E-state index is 10.8. The number of hydrogen-bond donors (Lipinski definition) is 3. The van der Waals surface area contributed by atoms with Crippen LogP contribution >= 0.6 is 22.9 Å². The Morgan fingerprint density at radius 1 is 1.22 bits per heavy atom. The molecule has 2 aromatic heterocycles. The Labute approximate surface area is 194 Å². The number of H-pyrrole nitrogens is 1. The molecule has 6 rings (SSSR count). The third-order valence-corrected chi connectivity index (χ3v) is 7.51. The number of thiazole rings is 1. The summed E-state index contributed by atoms with van der Waals surface area (Å²) in [6.45, 7) is 1.52. The van der Waals surface area contributed by atoms with Crippen molar-refractivity contribution in [2.45, 2.75) is 24.8 Å². The van der Waals surface area contributed by atoms with Crippen molar-refractivity contribution in [1.82, 2.24) is 15.2 Å². The molecule has 0 atom stereocenters. The maximum atomic E-state index is 10.8. The molecule has 2 aromatic carbocycles. The number of aromatic hydroxyl groups is 1. The predicted molar refractivity (Wildman–Crippen MR) is 130 cm³/mol. The second kappa shape index (κ2) is 7.62. The summed E-state index contributed by atoms with van der Waals surface area (Å²) in [6, 6.07) is 12.4. The Morgan fingerprint density at radius 2 is 2.06 bits per heavy atom. The lowest BCUT2D eigenvalue weighted by molar-refractivity contribution is 0.452. The second-order valence-corrected chi connectivity index (χ2v) is 10.0. The van der Waals surface area contributed by atoms with Crippen LogP contribution in [0.4, 0.5) is 5.13 Å². The number of aromatic nitrogens is 3. The molecule has 0 amide bonds. The van der Waals surface area contributed by atoms with Gasteiger partial charge in [-0.2, -0.15) is 10.1 Å². The predicted octanol–water partition coefficient (Wildman–Crippen LogP) is 4.99. The van der Waals surface area contributed by atoms with Crippen molar-refractivity contribution in [3.05, 3.63) is 69.2 Å². The average Bonchev–Trinajstić information content (AvgIpc) is 3.38. The zero-order valence-electron chi connectivity index (χ0n) is 17.3. The molecule has 1 aliphatic carbocycles. The molecule has 0 radical (unpaired) electrons. The van der Waals surface area contributed by atoms with E-state index in [1.807, 2.05) is 18.3 Å². The van der Waals surface area contributed by atoms with Gasteiger partial charge in [0.15, 0.2) is 5.13 Å². The summed E-state index contributed by atoms with van der Waals surface area (Å²) in [4.78, 5) is 7.31. The van der Waals surface area contributed by atoms with Crippen LogP contribution in [0.1, 0.15) is 40.3 Å². The standard InChI is InChI=1S/C24H22ClN5OS/c25-17-5-3-15(19(9-17)13-1-2-13)8-20(14-4-6-21-16(7-14)10-27-29-21)22-23(31)28-24(32-22)30-11-18(26)12-30/h3-10,13,18,31H,1-2,11-12,26H2,(H,27,29). The van der Waals surface area contributed by atoms with Crippen molar-refractivity contribution in [2.75, 3.05) is 18.0 Å². The molecule has 8 heteroatoms. The molecule has 4 N–H and O–H groups in total. The third-order valence-electron chi connectivity index (χ3n) is 6.14. The number of nitrogens with two attached hydrogens (primary N) is 1. The van der Waals surface area contributed by atoms with Gasteiger partial charge < -0.3 is 15.7 Å². The van der Waals surface area contributed by atoms with E-state index in [0.29, 0.717) is 5.92 Å². The number of nitrogens with one attached hydrogen (secondary N) is 1. The van der Waals surface area contributed by atoms with Gasteiger partial charge in [-0.1, -0.05) is 35.1 Å². The van der Waals surface area contributed by atoms with E-state index in [-0.39, 0.29) is 11.9 Å². The normalized spacial score (nSPS) is 17.2. The lowest BCUT2D eigenvalue weighted by Gasteiger charge is -2.36. The molecular formula is C24H22ClN5OS. The highest BCUT2D eigenvalue weighted by atomic mass is 35.5. The SMILES string of the molecule is NC1CN(c2nc(O)c(C(=Cc3ccc(Cl)cc3C3CC3)c3ccc4[nH]ncc4c3)s2)C1. The molecule has 4 aromatic rings. The van der Waals surface area contributed by atoms with Gasteiger partial charge in [0, 0.05) is 35.1 Å². The number of anilines is 1.